The molecular formula is C25H32N4O2. The van der Waals surface area contributed by atoms with Crippen LogP contribution in [0.2, 0.25) is 0 Å². The Morgan fingerprint density at radius 3 is 2.61 bits per heavy atom. The molecule has 0 radical (unpaired) electrons. The molecule has 1 aromatic carbocycles. The van der Waals surface area contributed by atoms with Gasteiger partial charge in [-0.25, -0.2) is 4.98 Å². The molecule has 0 aliphatic carbocycles. The highest BCUT2D eigenvalue weighted by molar-refractivity contribution is 5.94. The molecule has 0 spiro atoms. The number of hydrogen-bond donors (Lipinski definition) is 0. The Bertz CT molecular complexity index is 1020. The van der Waals surface area contributed by atoms with Gasteiger partial charge >= 0.3 is 0 Å². The first-order valence-corrected chi connectivity index (χ1v) is 11.1. The number of aryl methyl sites for hydroxylation is 1. The van der Waals surface area contributed by atoms with Crippen LogP contribution in [0.3, 0.4) is 0 Å². The van der Waals surface area contributed by atoms with Gasteiger partial charge in [-0.3, -0.25) is 9.69 Å². The van der Waals surface area contributed by atoms with E-state index in [0.717, 1.165) is 49.4 Å². The maximum Gasteiger partial charge on any atom is 0.274 e. The van der Waals surface area contributed by atoms with Crippen molar-refractivity contribution in [3.05, 3.63) is 71.2 Å². The molecule has 0 N–H and O–H groups in total. The summed E-state index contributed by atoms with van der Waals surface area (Å²) in [4.78, 5) is 22.4. The van der Waals surface area contributed by atoms with E-state index in [4.69, 9.17) is 9.72 Å². The van der Waals surface area contributed by atoms with Gasteiger partial charge in [-0.05, 0) is 50.4 Å². The number of hydrogen-bond acceptors (Lipinski definition) is 4. The predicted molar refractivity (Wildman–Crippen MR) is 122 cm³/mol. The Kier molecular flexibility index (Phi) is 6.68. The van der Waals surface area contributed by atoms with Crippen LogP contribution in [0.25, 0.3) is 5.65 Å². The molecule has 6 heteroatoms. The second-order valence-electron chi connectivity index (χ2n) is 8.51. The van der Waals surface area contributed by atoms with Crippen molar-refractivity contribution >= 4 is 11.6 Å². The number of ether oxygens (including phenoxy) is 1. The average molecular weight is 421 g/mol. The number of carbonyl (C=O) groups excluding carboxylic acids is 1. The quantitative estimate of drug-likeness (QED) is 0.586. The van der Waals surface area contributed by atoms with E-state index >= 15 is 0 Å². The summed E-state index contributed by atoms with van der Waals surface area (Å²) in [5.41, 5.74) is 4.68. The fraction of sp³-hybridized carbons (Fsp3) is 0.440. The van der Waals surface area contributed by atoms with Gasteiger partial charge < -0.3 is 14.0 Å². The van der Waals surface area contributed by atoms with Crippen LogP contribution < -0.4 is 0 Å². The topological polar surface area (TPSA) is 50.1 Å². The van der Waals surface area contributed by atoms with Gasteiger partial charge in [0.1, 0.15) is 5.65 Å². The summed E-state index contributed by atoms with van der Waals surface area (Å²) in [7, 11) is 4.01. The Labute approximate surface area is 184 Å². The largest absolute Gasteiger partial charge is 0.381 e. The van der Waals surface area contributed by atoms with Crippen LogP contribution in [0.1, 0.15) is 40.2 Å². The van der Waals surface area contributed by atoms with Gasteiger partial charge in [0, 0.05) is 45.6 Å². The molecule has 1 fully saturated rings. The van der Waals surface area contributed by atoms with Crippen LogP contribution in [-0.4, -0.2) is 65.0 Å². The predicted octanol–water partition coefficient (Wildman–Crippen LogP) is 3.57. The minimum Gasteiger partial charge on any atom is -0.381 e. The lowest BCUT2D eigenvalue weighted by molar-refractivity contribution is 0.0400. The van der Waals surface area contributed by atoms with Crippen molar-refractivity contribution in [3.63, 3.8) is 0 Å². The number of rotatable bonds is 7. The lowest BCUT2D eigenvalue weighted by Crippen LogP contribution is -2.37. The second kappa shape index (κ2) is 9.62. The smallest absolute Gasteiger partial charge is 0.274 e. The van der Waals surface area contributed by atoms with Gasteiger partial charge in [0.25, 0.3) is 5.91 Å². The van der Waals surface area contributed by atoms with Crippen molar-refractivity contribution < 1.29 is 9.53 Å². The maximum absolute atomic E-state index is 13.4. The van der Waals surface area contributed by atoms with Gasteiger partial charge in [-0.2, -0.15) is 0 Å². The zero-order chi connectivity index (χ0) is 21.8. The average Bonchev–Trinajstić information content (AvgIpc) is 3.17. The minimum atomic E-state index is -0.0191. The van der Waals surface area contributed by atoms with Crippen LogP contribution in [0.15, 0.2) is 48.7 Å². The number of imidazole rings is 1. The summed E-state index contributed by atoms with van der Waals surface area (Å²) in [6, 6.07) is 14.8. The number of carbonyl (C=O) groups is 1. The van der Waals surface area contributed by atoms with Gasteiger partial charge in [-0.15, -0.1) is 0 Å². The van der Waals surface area contributed by atoms with Crippen molar-refractivity contribution in [2.75, 3.05) is 33.9 Å². The summed E-state index contributed by atoms with van der Waals surface area (Å²) in [6.07, 6.45) is 4.88. The van der Waals surface area contributed by atoms with Crippen molar-refractivity contribution in [2.24, 2.45) is 0 Å². The van der Waals surface area contributed by atoms with Crippen LogP contribution in [0, 0.1) is 6.92 Å². The zero-order valence-electron chi connectivity index (χ0n) is 18.8. The molecule has 1 aliphatic heterocycles. The van der Waals surface area contributed by atoms with Crippen LogP contribution >= 0.6 is 0 Å². The van der Waals surface area contributed by atoms with E-state index in [9.17, 15) is 4.79 Å². The Morgan fingerprint density at radius 2 is 1.87 bits per heavy atom. The normalized spacial score (nSPS) is 15.0. The summed E-state index contributed by atoms with van der Waals surface area (Å²) >= 11 is 0. The van der Waals surface area contributed by atoms with Crippen LogP contribution in [0.5, 0.6) is 0 Å². The monoisotopic (exact) mass is 420 g/mol. The van der Waals surface area contributed by atoms with Crippen molar-refractivity contribution in [2.45, 2.75) is 38.8 Å². The van der Waals surface area contributed by atoms with Gasteiger partial charge in [0.2, 0.25) is 0 Å². The number of fused-ring (bicyclic) bond motifs is 1. The van der Waals surface area contributed by atoms with E-state index in [1.54, 1.807) is 4.90 Å². The highest BCUT2D eigenvalue weighted by Gasteiger charge is 2.26. The third-order valence-electron chi connectivity index (χ3n) is 6.29. The molecular weight excluding hydrogens is 388 g/mol. The summed E-state index contributed by atoms with van der Waals surface area (Å²) < 4.78 is 7.61. The van der Waals surface area contributed by atoms with E-state index in [-0.39, 0.29) is 5.91 Å². The fourth-order valence-electron chi connectivity index (χ4n) is 4.29. The number of benzene rings is 1. The van der Waals surface area contributed by atoms with Crippen LogP contribution in [0.4, 0.5) is 0 Å². The first-order valence-electron chi connectivity index (χ1n) is 11.1. The van der Waals surface area contributed by atoms with Crippen molar-refractivity contribution in [1.82, 2.24) is 19.2 Å². The lowest BCUT2D eigenvalue weighted by Gasteiger charge is -2.31. The van der Waals surface area contributed by atoms with E-state index in [0.29, 0.717) is 24.8 Å². The standard InChI is InChI=1S/C25H32N4O2/c1-19-8-7-14-29-22(18-28(3)21-12-16-31-17-13-21)23(26-24(19)29)25(30)27(2)15-11-20-9-5-4-6-10-20/h4-10,14,21H,11-13,15-18H2,1-3H3. The second-order valence-corrected chi connectivity index (χ2v) is 8.51. The molecule has 0 saturated carbocycles. The molecule has 1 aliphatic rings. The Morgan fingerprint density at radius 1 is 1.13 bits per heavy atom. The number of amides is 1. The summed E-state index contributed by atoms with van der Waals surface area (Å²) in [6.45, 7) is 4.99. The van der Waals surface area contributed by atoms with Crippen molar-refractivity contribution in [1.29, 1.82) is 0 Å². The third kappa shape index (κ3) is 4.81. The van der Waals surface area contributed by atoms with Gasteiger partial charge in [0.05, 0.1) is 5.69 Å². The van der Waals surface area contributed by atoms with E-state index in [2.05, 4.69) is 28.5 Å². The molecule has 1 amide bonds. The summed E-state index contributed by atoms with van der Waals surface area (Å²) in [5, 5.41) is 0. The molecule has 1 saturated heterocycles. The van der Waals surface area contributed by atoms with E-state index < -0.39 is 0 Å². The molecule has 4 rings (SSSR count). The molecule has 0 atom stereocenters. The molecule has 3 heterocycles. The first-order chi connectivity index (χ1) is 15.0. The molecule has 3 aromatic rings. The van der Waals surface area contributed by atoms with Gasteiger partial charge in [-0.1, -0.05) is 36.4 Å². The zero-order valence-corrected chi connectivity index (χ0v) is 18.8. The fourth-order valence-corrected chi connectivity index (χ4v) is 4.29. The Balaban J connectivity index is 1.58. The molecule has 2 aromatic heterocycles. The highest BCUT2D eigenvalue weighted by Crippen LogP contribution is 2.22. The van der Waals surface area contributed by atoms with E-state index in [1.807, 2.05) is 50.5 Å². The van der Waals surface area contributed by atoms with Crippen molar-refractivity contribution in [3.8, 4) is 0 Å². The number of likely N-dealkylation sites (N-methyl/N-ethyl adjacent to an activating group) is 1. The van der Waals surface area contributed by atoms with Gasteiger partial charge in [0.15, 0.2) is 5.69 Å². The molecule has 31 heavy (non-hydrogen) atoms. The summed E-state index contributed by atoms with van der Waals surface area (Å²) in [5.74, 6) is -0.0191. The van der Waals surface area contributed by atoms with Crippen LogP contribution in [-0.2, 0) is 17.7 Å². The molecule has 0 unspecified atom stereocenters. The molecule has 164 valence electrons. The number of nitrogens with zero attached hydrogens (tertiary/aromatic N) is 4. The molecule has 6 nitrogen and oxygen atoms in total. The molecule has 0 bridgehead atoms. The first kappa shape index (κ1) is 21.5. The SMILES string of the molecule is Cc1cccn2c(CN(C)C3CCOCC3)c(C(=O)N(C)CCc3ccccc3)nc12. The number of aromatic nitrogens is 2. The Hall–Kier alpha value is -2.70. The lowest BCUT2D eigenvalue weighted by atomic mass is 10.1. The maximum atomic E-state index is 13.4. The number of pyridine rings is 1. The third-order valence-corrected chi connectivity index (χ3v) is 6.29. The highest BCUT2D eigenvalue weighted by atomic mass is 16.5. The minimum absolute atomic E-state index is 0.0191. The van der Waals surface area contributed by atoms with E-state index in [1.165, 1.54) is 5.56 Å².